The molecule has 0 unspecified atom stereocenters. The lowest BCUT2D eigenvalue weighted by molar-refractivity contribution is -0.317. The fraction of sp³-hybridized carbons (Fsp3) is 1.00. The van der Waals surface area contributed by atoms with Crippen LogP contribution in [0.4, 0.5) is 0 Å². The molecule has 2 saturated carbocycles. The molecule has 0 amide bonds. The summed E-state index contributed by atoms with van der Waals surface area (Å²) >= 11 is 0. The van der Waals surface area contributed by atoms with Gasteiger partial charge in [-0.1, -0.05) is 27.7 Å². The zero-order valence-corrected chi connectivity index (χ0v) is 12.3. The highest BCUT2D eigenvalue weighted by Crippen LogP contribution is 2.68. The third-order valence-corrected chi connectivity index (χ3v) is 6.13. The van der Waals surface area contributed by atoms with Gasteiger partial charge in [-0.25, -0.2) is 0 Å². The predicted octanol–water partition coefficient (Wildman–Crippen LogP) is 1.14. The van der Waals surface area contributed by atoms with E-state index >= 15 is 0 Å². The van der Waals surface area contributed by atoms with Gasteiger partial charge in [0.2, 0.25) is 0 Å². The Hall–Kier alpha value is -0.160. The molecule has 0 radical (unpaired) electrons. The highest BCUT2D eigenvalue weighted by Gasteiger charge is 2.73. The van der Waals surface area contributed by atoms with Crippen LogP contribution in [0.25, 0.3) is 0 Å². The molecule has 0 aromatic rings. The fourth-order valence-corrected chi connectivity index (χ4v) is 5.79. The van der Waals surface area contributed by atoms with E-state index in [1.807, 2.05) is 13.8 Å². The number of aliphatic hydroxyl groups excluding tert-OH is 2. The predicted molar refractivity (Wildman–Crippen MR) is 70.2 cm³/mol. The van der Waals surface area contributed by atoms with Crippen molar-refractivity contribution in [1.29, 1.82) is 0 Å². The lowest BCUT2D eigenvalue weighted by Gasteiger charge is -2.59. The summed E-state index contributed by atoms with van der Waals surface area (Å²) < 4.78 is 5.56. The van der Waals surface area contributed by atoms with E-state index in [1.54, 1.807) is 0 Å². The third kappa shape index (κ3) is 1.49. The second-order valence-electron chi connectivity index (χ2n) is 8.04. The van der Waals surface area contributed by atoms with Crippen molar-refractivity contribution in [3.63, 3.8) is 0 Å². The second kappa shape index (κ2) is 3.73. The Balaban J connectivity index is 2.16. The van der Waals surface area contributed by atoms with Crippen LogP contribution in [-0.2, 0) is 4.74 Å². The first-order valence-corrected chi connectivity index (χ1v) is 7.33. The molecular weight excluding hydrogens is 244 g/mol. The Morgan fingerprint density at radius 1 is 1.16 bits per heavy atom. The van der Waals surface area contributed by atoms with Crippen molar-refractivity contribution in [2.75, 3.05) is 6.61 Å². The molecule has 1 saturated heterocycles. The van der Waals surface area contributed by atoms with E-state index in [4.69, 9.17) is 4.74 Å². The molecule has 0 aromatic carbocycles. The first-order chi connectivity index (χ1) is 8.63. The number of hydrogen-bond donors (Lipinski definition) is 3. The van der Waals surface area contributed by atoms with Crippen LogP contribution in [0, 0.1) is 28.6 Å². The van der Waals surface area contributed by atoms with Crippen molar-refractivity contribution in [2.24, 2.45) is 28.6 Å². The number of aliphatic hydroxyl groups is 3. The summed E-state index contributed by atoms with van der Waals surface area (Å²) in [7, 11) is 0. The average molecular weight is 270 g/mol. The van der Waals surface area contributed by atoms with Gasteiger partial charge in [0.05, 0.1) is 18.3 Å². The number of hydrogen-bond acceptors (Lipinski definition) is 4. The van der Waals surface area contributed by atoms with Gasteiger partial charge in [0.15, 0.2) is 6.29 Å². The standard InChI is InChI=1S/C15H26O4/c1-8-5-9(16)11-13(2,3)6-14(4)7-19-12(17)10(8)15(11,14)18/h8-12,16-18H,5-7H2,1-4H3/t8-,9+,10+,11+,12+,14-,15-/m1/s1. The Morgan fingerprint density at radius 3 is 2.42 bits per heavy atom. The monoisotopic (exact) mass is 270 g/mol. The van der Waals surface area contributed by atoms with Gasteiger partial charge >= 0.3 is 0 Å². The van der Waals surface area contributed by atoms with Crippen LogP contribution in [0.1, 0.15) is 40.5 Å². The molecule has 1 heterocycles. The SMILES string of the molecule is C[C@@H]1C[C@H](O)[C@H]2C(C)(C)C[C@]3(C)CO[C@H](O)[C@H]1[C@@]23O. The zero-order valence-electron chi connectivity index (χ0n) is 12.3. The maximum Gasteiger partial charge on any atom is 0.160 e. The van der Waals surface area contributed by atoms with Crippen molar-refractivity contribution < 1.29 is 20.1 Å². The molecule has 3 aliphatic rings. The molecule has 3 rings (SSSR count). The van der Waals surface area contributed by atoms with Gasteiger partial charge in [0.25, 0.3) is 0 Å². The van der Waals surface area contributed by atoms with Gasteiger partial charge in [0.1, 0.15) is 0 Å². The molecule has 2 aliphatic carbocycles. The van der Waals surface area contributed by atoms with Crippen LogP contribution in [0.5, 0.6) is 0 Å². The van der Waals surface area contributed by atoms with E-state index < -0.39 is 18.0 Å². The van der Waals surface area contributed by atoms with Crippen molar-refractivity contribution >= 4 is 0 Å². The van der Waals surface area contributed by atoms with E-state index in [-0.39, 0.29) is 28.6 Å². The molecule has 1 aliphatic heterocycles. The largest absolute Gasteiger partial charge is 0.393 e. The van der Waals surface area contributed by atoms with Crippen LogP contribution in [0.3, 0.4) is 0 Å². The van der Waals surface area contributed by atoms with E-state index in [0.717, 1.165) is 6.42 Å². The van der Waals surface area contributed by atoms with Crippen LogP contribution in [0.2, 0.25) is 0 Å². The summed E-state index contributed by atoms with van der Waals surface area (Å²) in [5.41, 5.74) is -1.57. The van der Waals surface area contributed by atoms with Gasteiger partial charge in [-0.3, -0.25) is 0 Å². The van der Waals surface area contributed by atoms with Crippen LogP contribution < -0.4 is 0 Å². The maximum absolute atomic E-state index is 11.5. The summed E-state index contributed by atoms with van der Waals surface area (Å²) in [5, 5.41) is 32.2. The molecule has 3 N–H and O–H groups in total. The molecule has 7 atom stereocenters. The summed E-state index contributed by atoms with van der Waals surface area (Å²) in [5.74, 6) is -0.439. The summed E-state index contributed by atoms with van der Waals surface area (Å²) in [4.78, 5) is 0. The van der Waals surface area contributed by atoms with E-state index in [1.165, 1.54) is 0 Å². The minimum Gasteiger partial charge on any atom is -0.393 e. The van der Waals surface area contributed by atoms with Crippen LogP contribution in [-0.4, -0.2) is 39.9 Å². The third-order valence-electron chi connectivity index (χ3n) is 6.13. The fourth-order valence-electron chi connectivity index (χ4n) is 5.79. The van der Waals surface area contributed by atoms with Gasteiger partial charge < -0.3 is 20.1 Å². The molecule has 0 bridgehead atoms. The van der Waals surface area contributed by atoms with Crippen LogP contribution >= 0.6 is 0 Å². The highest BCUT2D eigenvalue weighted by atomic mass is 16.6. The maximum atomic E-state index is 11.5. The van der Waals surface area contributed by atoms with Gasteiger partial charge in [-0.2, -0.15) is 0 Å². The molecule has 0 aromatic heterocycles. The number of rotatable bonds is 0. The van der Waals surface area contributed by atoms with Gasteiger partial charge in [0, 0.05) is 17.3 Å². The molecule has 110 valence electrons. The highest BCUT2D eigenvalue weighted by molar-refractivity contribution is 5.21. The van der Waals surface area contributed by atoms with Crippen molar-refractivity contribution in [1.82, 2.24) is 0 Å². The topological polar surface area (TPSA) is 69.9 Å². The van der Waals surface area contributed by atoms with Crippen molar-refractivity contribution in [2.45, 2.75) is 58.5 Å². The second-order valence-corrected chi connectivity index (χ2v) is 8.04. The average Bonchev–Trinajstić information content (AvgIpc) is 2.38. The Kier molecular flexibility index (Phi) is 2.71. The molecule has 4 heteroatoms. The van der Waals surface area contributed by atoms with Gasteiger partial charge in [-0.05, 0) is 24.2 Å². The smallest absolute Gasteiger partial charge is 0.160 e. The molecule has 0 spiro atoms. The van der Waals surface area contributed by atoms with E-state index in [9.17, 15) is 15.3 Å². The minimum absolute atomic E-state index is 0.0553. The Morgan fingerprint density at radius 2 is 1.79 bits per heavy atom. The number of ether oxygens (including phenoxy) is 1. The van der Waals surface area contributed by atoms with Gasteiger partial charge in [-0.15, -0.1) is 0 Å². The normalized spacial score (nSPS) is 59.8. The quantitative estimate of drug-likeness (QED) is 0.617. The molecule has 19 heavy (non-hydrogen) atoms. The Bertz CT molecular complexity index is 396. The first kappa shape index (κ1) is 13.8. The lowest BCUT2D eigenvalue weighted by Crippen LogP contribution is -2.68. The summed E-state index contributed by atoms with van der Waals surface area (Å²) in [6, 6.07) is 0. The molecule has 4 nitrogen and oxygen atoms in total. The Labute approximate surface area is 114 Å². The van der Waals surface area contributed by atoms with Crippen LogP contribution in [0.15, 0.2) is 0 Å². The van der Waals surface area contributed by atoms with E-state index in [0.29, 0.717) is 13.0 Å². The molecular formula is C15H26O4. The minimum atomic E-state index is -1.04. The lowest BCUT2D eigenvalue weighted by atomic mass is 9.54. The molecule has 3 fully saturated rings. The van der Waals surface area contributed by atoms with Crippen molar-refractivity contribution in [3.8, 4) is 0 Å². The zero-order chi connectivity index (χ0) is 14.2. The summed E-state index contributed by atoms with van der Waals surface area (Å²) in [6.07, 6.45) is 0.0153. The summed E-state index contributed by atoms with van der Waals surface area (Å²) in [6.45, 7) is 8.62. The first-order valence-electron chi connectivity index (χ1n) is 7.33. The van der Waals surface area contributed by atoms with Crippen molar-refractivity contribution in [3.05, 3.63) is 0 Å². The van der Waals surface area contributed by atoms with E-state index in [2.05, 4.69) is 13.8 Å².